The van der Waals surface area contributed by atoms with Crippen LogP contribution in [0.15, 0.2) is 0 Å². The van der Waals surface area contributed by atoms with Crippen molar-refractivity contribution in [3.63, 3.8) is 0 Å². The number of nitrogens with zero attached hydrogens (tertiary/aromatic N) is 4. The largest absolute Gasteiger partial charge is 0.368 e. The zero-order chi connectivity index (χ0) is 12.1. The van der Waals surface area contributed by atoms with Crippen LogP contribution in [0.1, 0.15) is 13.3 Å². The molecular formula is C9H16ClN5S. The molecule has 0 aliphatic carbocycles. The van der Waals surface area contributed by atoms with Gasteiger partial charge in [-0.3, -0.25) is 0 Å². The van der Waals surface area contributed by atoms with Crippen molar-refractivity contribution in [2.45, 2.75) is 19.4 Å². The fraction of sp³-hybridized carbons (Fsp3) is 0.667. The highest BCUT2D eigenvalue weighted by molar-refractivity contribution is 7.98. The topological polar surface area (TPSA) is 67.9 Å². The van der Waals surface area contributed by atoms with Crippen molar-refractivity contribution in [3.8, 4) is 0 Å². The molecule has 1 aromatic heterocycles. The van der Waals surface area contributed by atoms with E-state index >= 15 is 0 Å². The van der Waals surface area contributed by atoms with Gasteiger partial charge in [0.15, 0.2) is 0 Å². The molecule has 1 heterocycles. The van der Waals surface area contributed by atoms with Crippen LogP contribution in [-0.4, -0.2) is 40.1 Å². The van der Waals surface area contributed by atoms with Crippen LogP contribution in [0.25, 0.3) is 0 Å². The van der Waals surface area contributed by atoms with Crippen LogP contribution in [0.5, 0.6) is 0 Å². The lowest BCUT2D eigenvalue weighted by molar-refractivity contribution is 0.656. The first kappa shape index (κ1) is 13.3. The number of nitrogen functional groups attached to an aromatic ring is 1. The molecule has 0 fully saturated rings. The van der Waals surface area contributed by atoms with Gasteiger partial charge in [-0.2, -0.15) is 26.7 Å². The maximum Gasteiger partial charge on any atom is 0.231 e. The van der Waals surface area contributed by atoms with Gasteiger partial charge in [0, 0.05) is 18.8 Å². The van der Waals surface area contributed by atoms with Crippen LogP contribution in [-0.2, 0) is 0 Å². The van der Waals surface area contributed by atoms with E-state index < -0.39 is 0 Å². The number of hydrogen-bond donors (Lipinski definition) is 1. The summed E-state index contributed by atoms with van der Waals surface area (Å²) >= 11 is 7.53. The summed E-state index contributed by atoms with van der Waals surface area (Å²) in [4.78, 5) is 13.9. The summed E-state index contributed by atoms with van der Waals surface area (Å²) in [7, 11) is 1.94. The molecule has 1 aromatic rings. The third kappa shape index (κ3) is 3.38. The second kappa shape index (κ2) is 6.10. The van der Waals surface area contributed by atoms with E-state index in [0.29, 0.717) is 12.0 Å². The average Bonchev–Trinajstić information content (AvgIpc) is 2.23. The molecule has 5 nitrogen and oxygen atoms in total. The molecule has 90 valence electrons. The van der Waals surface area contributed by atoms with Crippen molar-refractivity contribution in [2.24, 2.45) is 0 Å². The number of hydrogen-bond acceptors (Lipinski definition) is 6. The lowest BCUT2D eigenvalue weighted by Crippen LogP contribution is -2.34. The molecule has 0 aliphatic heterocycles. The minimum absolute atomic E-state index is 0.133. The number of nitrogens with two attached hydrogens (primary N) is 1. The molecular weight excluding hydrogens is 246 g/mol. The molecule has 0 aliphatic rings. The van der Waals surface area contributed by atoms with E-state index in [1.165, 1.54) is 0 Å². The van der Waals surface area contributed by atoms with Gasteiger partial charge in [-0.1, -0.05) is 6.92 Å². The molecule has 0 radical (unpaired) electrons. The van der Waals surface area contributed by atoms with Gasteiger partial charge < -0.3 is 10.6 Å². The normalized spacial score (nSPS) is 12.5. The van der Waals surface area contributed by atoms with Crippen LogP contribution in [0.2, 0.25) is 5.28 Å². The van der Waals surface area contributed by atoms with Crippen molar-refractivity contribution >= 4 is 35.3 Å². The van der Waals surface area contributed by atoms with E-state index in [1.807, 2.05) is 11.9 Å². The molecule has 0 spiro atoms. The van der Waals surface area contributed by atoms with Gasteiger partial charge in [-0.15, -0.1) is 0 Å². The number of halogens is 1. The van der Waals surface area contributed by atoms with E-state index in [1.54, 1.807) is 11.8 Å². The Bertz CT molecular complexity index is 328. The quantitative estimate of drug-likeness (QED) is 0.870. The van der Waals surface area contributed by atoms with Crippen LogP contribution < -0.4 is 10.6 Å². The standard InChI is InChI=1S/C9H16ClN5S/c1-4-6(5-16-3)15(2)9-13-7(10)12-8(11)14-9/h6H,4-5H2,1-3H3,(H2,11,12,13,14). The SMILES string of the molecule is CCC(CSC)N(C)c1nc(N)nc(Cl)n1. The molecule has 0 saturated carbocycles. The first-order valence-electron chi connectivity index (χ1n) is 4.97. The Kier molecular flexibility index (Phi) is 5.08. The predicted octanol–water partition coefficient (Wildman–Crippen LogP) is 1.68. The number of anilines is 2. The molecule has 1 unspecified atom stereocenters. The van der Waals surface area contributed by atoms with Gasteiger partial charge in [0.2, 0.25) is 17.2 Å². The molecule has 1 atom stereocenters. The van der Waals surface area contributed by atoms with E-state index in [2.05, 4.69) is 28.1 Å². The van der Waals surface area contributed by atoms with Gasteiger partial charge in [0.05, 0.1) is 0 Å². The Morgan fingerprint density at radius 1 is 1.44 bits per heavy atom. The van der Waals surface area contributed by atoms with Crippen LogP contribution in [0, 0.1) is 0 Å². The lowest BCUT2D eigenvalue weighted by atomic mass is 10.2. The van der Waals surface area contributed by atoms with E-state index in [-0.39, 0.29) is 11.2 Å². The fourth-order valence-electron chi connectivity index (χ4n) is 1.37. The highest BCUT2D eigenvalue weighted by Crippen LogP contribution is 2.16. The molecule has 0 amide bonds. The third-order valence-electron chi connectivity index (χ3n) is 2.31. The van der Waals surface area contributed by atoms with Crippen LogP contribution in [0.4, 0.5) is 11.9 Å². The zero-order valence-corrected chi connectivity index (χ0v) is 11.2. The van der Waals surface area contributed by atoms with Gasteiger partial charge in [0.1, 0.15) is 0 Å². The summed E-state index contributed by atoms with van der Waals surface area (Å²) in [5.74, 6) is 1.69. The van der Waals surface area contributed by atoms with Gasteiger partial charge >= 0.3 is 0 Å². The van der Waals surface area contributed by atoms with Gasteiger partial charge in [-0.05, 0) is 24.3 Å². The van der Waals surface area contributed by atoms with Crippen molar-refractivity contribution in [1.82, 2.24) is 15.0 Å². The molecule has 0 aromatic carbocycles. The second-order valence-corrected chi connectivity index (χ2v) is 4.64. The number of thioether (sulfide) groups is 1. The number of aromatic nitrogens is 3. The Balaban J connectivity index is 2.89. The second-order valence-electron chi connectivity index (χ2n) is 3.39. The van der Waals surface area contributed by atoms with Gasteiger partial charge in [-0.25, -0.2) is 0 Å². The summed E-state index contributed by atoms with van der Waals surface area (Å²) in [6.07, 6.45) is 3.09. The third-order valence-corrected chi connectivity index (χ3v) is 3.19. The summed E-state index contributed by atoms with van der Waals surface area (Å²) < 4.78 is 0. The molecule has 0 bridgehead atoms. The summed E-state index contributed by atoms with van der Waals surface area (Å²) in [5, 5.41) is 0.133. The molecule has 1 rings (SSSR count). The summed E-state index contributed by atoms with van der Waals surface area (Å²) in [6, 6.07) is 0.368. The maximum atomic E-state index is 5.75. The Morgan fingerprint density at radius 3 is 2.62 bits per heavy atom. The zero-order valence-electron chi connectivity index (χ0n) is 9.64. The molecule has 16 heavy (non-hydrogen) atoms. The lowest BCUT2D eigenvalue weighted by Gasteiger charge is -2.26. The van der Waals surface area contributed by atoms with Crippen LogP contribution in [0.3, 0.4) is 0 Å². The average molecular weight is 262 g/mol. The Hall–Kier alpha value is -0.750. The minimum atomic E-state index is 0.133. The molecule has 7 heteroatoms. The van der Waals surface area contributed by atoms with Crippen molar-refractivity contribution < 1.29 is 0 Å². The van der Waals surface area contributed by atoms with E-state index in [4.69, 9.17) is 17.3 Å². The summed E-state index contributed by atoms with van der Waals surface area (Å²) in [6.45, 7) is 2.13. The monoisotopic (exact) mass is 261 g/mol. The van der Waals surface area contributed by atoms with Crippen LogP contribution >= 0.6 is 23.4 Å². The molecule has 0 saturated heterocycles. The highest BCUT2D eigenvalue weighted by atomic mass is 35.5. The van der Waals surface area contributed by atoms with Crippen molar-refractivity contribution in [2.75, 3.05) is 29.7 Å². The first-order chi connectivity index (χ1) is 7.58. The van der Waals surface area contributed by atoms with Gasteiger partial charge in [0.25, 0.3) is 0 Å². The van der Waals surface area contributed by atoms with E-state index in [9.17, 15) is 0 Å². The highest BCUT2D eigenvalue weighted by Gasteiger charge is 2.16. The predicted molar refractivity (Wildman–Crippen MR) is 70.1 cm³/mol. The summed E-state index contributed by atoms with van der Waals surface area (Å²) in [5.41, 5.74) is 5.53. The van der Waals surface area contributed by atoms with Crippen molar-refractivity contribution in [3.05, 3.63) is 5.28 Å². The Labute approximate surface area is 105 Å². The Morgan fingerprint density at radius 2 is 2.12 bits per heavy atom. The van der Waals surface area contributed by atoms with E-state index in [0.717, 1.165) is 12.2 Å². The minimum Gasteiger partial charge on any atom is -0.368 e. The van der Waals surface area contributed by atoms with Crippen molar-refractivity contribution in [1.29, 1.82) is 0 Å². The first-order valence-corrected chi connectivity index (χ1v) is 6.74. The fourth-order valence-corrected chi connectivity index (χ4v) is 2.38. The number of rotatable bonds is 5. The smallest absolute Gasteiger partial charge is 0.231 e. The maximum absolute atomic E-state index is 5.75. The molecule has 2 N–H and O–H groups in total.